The zero-order valence-electron chi connectivity index (χ0n) is 16.0. The van der Waals surface area contributed by atoms with Gasteiger partial charge in [0, 0.05) is 31.9 Å². The summed E-state index contributed by atoms with van der Waals surface area (Å²) in [4.78, 5) is 12.6. The second-order valence-corrected chi connectivity index (χ2v) is 10.1. The highest BCUT2D eigenvalue weighted by atomic mass is 35.5. The van der Waals surface area contributed by atoms with Crippen molar-refractivity contribution in [1.82, 2.24) is 8.87 Å². The molecule has 0 aliphatic carbocycles. The molecule has 1 N–H and O–H groups in total. The summed E-state index contributed by atoms with van der Waals surface area (Å²) in [6.45, 7) is -0.267. The molecule has 2 heterocycles. The van der Waals surface area contributed by atoms with Crippen LogP contribution < -0.4 is 0 Å². The molecule has 158 valence electrons. The van der Waals surface area contributed by atoms with Gasteiger partial charge in [0.1, 0.15) is 4.90 Å². The largest absolute Gasteiger partial charge is 0.389 e. The molecule has 0 unspecified atom stereocenters. The zero-order chi connectivity index (χ0) is 21.9. The first-order chi connectivity index (χ1) is 14.8. The van der Waals surface area contributed by atoms with E-state index < -0.39 is 22.0 Å². The van der Waals surface area contributed by atoms with Crippen molar-refractivity contribution in [3.8, 4) is 0 Å². The van der Waals surface area contributed by atoms with Gasteiger partial charge in [-0.15, -0.1) is 0 Å². The molecule has 0 saturated heterocycles. The Morgan fingerprint density at radius 1 is 0.871 bits per heavy atom. The number of amides is 1. The van der Waals surface area contributed by atoms with Crippen molar-refractivity contribution in [1.29, 1.82) is 0 Å². The van der Waals surface area contributed by atoms with E-state index in [0.29, 0.717) is 10.0 Å². The molecule has 0 fully saturated rings. The summed E-state index contributed by atoms with van der Waals surface area (Å²) >= 11 is 12.4. The van der Waals surface area contributed by atoms with E-state index in [9.17, 15) is 18.3 Å². The third-order valence-corrected chi connectivity index (χ3v) is 7.75. The van der Waals surface area contributed by atoms with E-state index >= 15 is 0 Å². The Morgan fingerprint density at radius 3 is 2.03 bits per heavy atom. The number of carbonyl (C=O) groups excluding carboxylic acids is 1. The molecule has 1 aliphatic heterocycles. The van der Waals surface area contributed by atoms with Gasteiger partial charge in [0.15, 0.2) is 0 Å². The summed E-state index contributed by atoms with van der Waals surface area (Å²) in [7, 11) is -3.99. The van der Waals surface area contributed by atoms with Crippen molar-refractivity contribution in [3.63, 3.8) is 0 Å². The van der Waals surface area contributed by atoms with Gasteiger partial charge in [0.2, 0.25) is 0 Å². The van der Waals surface area contributed by atoms with Gasteiger partial charge in [0.25, 0.3) is 15.9 Å². The summed E-state index contributed by atoms with van der Waals surface area (Å²) in [5.74, 6) is -0.629. The van der Waals surface area contributed by atoms with Crippen LogP contribution in [0.15, 0.2) is 65.6 Å². The molecule has 4 aromatic rings. The Bertz CT molecular complexity index is 1420. The molecule has 1 atom stereocenters. The van der Waals surface area contributed by atoms with E-state index in [-0.39, 0.29) is 23.5 Å². The van der Waals surface area contributed by atoms with Crippen LogP contribution in [0.25, 0.3) is 21.8 Å². The highest BCUT2D eigenvalue weighted by Crippen LogP contribution is 2.34. The van der Waals surface area contributed by atoms with Crippen LogP contribution >= 0.6 is 23.2 Å². The number of hydrogen-bond donors (Lipinski definition) is 1. The smallest absolute Gasteiger partial charge is 0.269 e. The summed E-state index contributed by atoms with van der Waals surface area (Å²) in [5.41, 5.74) is 1.76. The fourth-order valence-corrected chi connectivity index (χ4v) is 6.07. The fraction of sp³-hybridized carbons (Fsp3) is 0.136. The lowest BCUT2D eigenvalue weighted by atomic mass is 10.1. The van der Waals surface area contributed by atoms with Gasteiger partial charge in [0.05, 0.1) is 24.8 Å². The molecule has 1 aromatic heterocycles. The second-order valence-electron chi connectivity index (χ2n) is 7.42. The van der Waals surface area contributed by atoms with Gasteiger partial charge in [-0.25, -0.2) is 12.7 Å². The minimum absolute atomic E-state index is 0.0339. The molecule has 1 amide bonds. The standard InChI is InChI=1S/C22H16Cl2N2O4S/c23-13-5-7-19-17(9-13)18-10-14(24)6-8-20(18)25(19)11-15(27)12-26-22(28)16-3-1-2-4-21(16)31(26,29)30/h1-10,15,27H,11-12H2/t15-/m0/s1. The number of aliphatic hydroxyl groups is 1. The molecular weight excluding hydrogens is 459 g/mol. The van der Waals surface area contributed by atoms with Crippen LogP contribution in [-0.2, 0) is 16.6 Å². The Morgan fingerprint density at radius 2 is 1.45 bits per heavy atom. The quantitative estimate of drug-likeness (QED) is 0.477. The minimum Gasteiger partial charge on any atom is -0.389 e. The van der Waals surface area contributed by atoms with Crippen LogP contribution in [-0.4, -0.2) is 41.0 Å². The van der Waals surface area contributed by atoms with Crippen molar-refractivity contribution >= 4 is 60.9 Å². The molecule has 1 aliphatic rings. The van der Waals surface area contributed by atoms with Crippen molar-refractivity contribution in [3.05, 3.63) is 76.3 Å². The lowest BCUT2D eigenvalue weighted by Gasteiger charge is -2.20. The molecule has 3 aromatic carbocycles. The van der Waals surface area contributed by atoms with Crippen LogP contribution in [0.2, 0.25) is 10.0 Å². The van der Waals surface area contributed by atoms with Crippen LogP contribution in [0.5, 0.6) is 0 Å². The van der Waals surface area contributed by atoms with E-state index in [1.807, 2.05) is 28.8 Å². The average Bonchev–Trinajstić information content (AvgIpc) is 3.12. The number of benzene rings is 3. The summed E-state index contributed by atoms with van der Waals surface area (Å²) in [6.07, 6.45) is -1.13. The van der Waals surface area contributed by atoms with Crippen molar-refractivity contribution in [2.24, 2.45) is 0 Å². The minimum atomic E-state index is -3.99. The van der Waals surface area contributed by atoms with Gasteiger partial charge in [-0.2, -0.15) is 0 Å². The number of aliphatic hydroxyl groups excluding tert-OH is 1. The van der Waals surface area contributed by atoms with Crippen molar-refractivity contribution in [2.45, 2.75) is 17.5 Å². The maximum atomic E-state index is 12.8. The van der Waals surface area contributed by atoms with E-state index in [1.54, 1.807) is 24.3 Å². The second kappa shape index (κ2) is 7.24. The maximum Gasteiger partial charge on any atom is 0.269 e. The molecule has 0 spiro atoms. The summed E-state index contributed by atoms with van der Waals surface area (Å²) < 4.78 is 28.2. The Labute approximate surface area is 188 Å². The topological polar surface area (TPSA) is 79.6 Å². The lowest BCUT2D eigenvalue weighted by molar-refractivity contribution is 0.0774. The van der Waals surface area contributed by atoms with Gasteiger partial charge in [-0.05, 0) is 48.5 Å². The fourth-order valence-electron chi connectivity index (χ4n) is 4.12. The first-order valence-electron chi connectivity index (χ1n) is 9.48. The molecule has 31 heavy (non-hydrogen) atoms. The zero-order valence-corrected chi connectivity index (χ0v) is 18.3. The summed E-state index contributed by atoms with van der Waals surface area (Å²) in [5, 5.41) is 13.7. The monoisotopic (exact) mass is 474 g/mol. The Kier molecular flexibility index (Phi) is 4.75. The Balaban J connectivity index is 1.52. The van der Waals surface area contributed by atoms with E-state index in [2.05, 4.69) is 0 Å². The van der Waals surface area contributed by atoms with Crippen LogP contribution in [0.3, 0.4) is 0 Å². The normalized spacial score (nSPS) is 16.2. The third kappa shape index (κ3) is 3.20. The van der Waals surface area contributed by atoms with Crippen molar-refractivity contribution < 1.29 is 18.3 Å². The molecule has 9 heteroatoms. The molecular formula is C22H16Cl2N2O4S. The molecule has 0 bridgehead atoms. The average molecular weight is 475 g/mol. The first kappa shape index (κ1) is 20.3. The number of β-amino-alcohol motifs (C(OH)–C–C–N with tert-alkyl or cyclic N) is 1. The number of hydrogen-bond acceptors (Lipinski definition) is 4. The first-order valence-corrected chi connectivity index (χ1v) is 11.7. The SMILES string of the molecule is O=C1c2ccccc2S(=O)(=O)N1C[C@@H](O)Cn1c2ccc(Cl)cc2c2cc(Cl)ccc21. The van der Waals surface area contributed by atoms with Crippen LogP contribution in [0, 0.1) is 0 Å². The molecule has 5 rings (SSSR count). The predicted octanol–water partition coefficient (Wildman–Crippen LogP) is 4.31. The highest BCUT2D eigenvalue weighted by Gasteiger charge is 2.41. The number of fused-ring (bicyclic) bond motifs is 4. The lowest BCUT2D eigenvalue weighted by Crippen LogP contribution is -2.38. The molecule has 0 radical (unpaired) electrons. The number of sulfonamides is 1. The summed E-state index contributed by atoms with van der Waals surface area (Å²) in [6, 6.07) is 16.9. The van der Waals surface area contributed by atoms with Gasteiger partial charge in [-0.3, -0.25) is 4.79 Å². The third-order valence-electron chi connectivity index (χ3n) is 5.47. The van der Waals surface area contributed by atoms with Crippen LogP contribution in [0.4, 0.5) is 0 Å². The number of halogens is 2. The van der Waals surface area contributed by atoms with Gasteiger partial charge >= 0.3 is 0 Å². The number of carbonyl (C=O) groups is 1. The van der Waals surface area contributed by atoms with Crippen molar-refractivity contribution in [2.75, 3.05) is 6.54 Å². The number of rotatable bonds is 4. The van der Waals surface area contributed by atoms with E-state index in [4.69, 9.17) is 23.2 Å². The maximum absolute atomic E-state index is 12.8. The Hall–Kier alpha value is -2.58. The number of aromatic nitrogens is 1. The number of nitrogens with zero attached hydrogens (tertiary/aromatic N) is 2. The molecule has 6 nitrogen and oxygen atoms in total. The van der Waals surface area contributed by atoms with E-state index in [0.717, 1.165) is 26.1 Å². The van der Waals surface area contributed by atoms with E-state index in [1.165, 1.54) is 12.1 Å². The van der Waals surface area contributed by atoms with Gasteiger partial charge < -0.3 is 9.67 Å². The van der Waals surface area contributed by atoms with Crippen LogP contribution in [0.1, 0.15) is 10.4 Å². The predicted molar refractivity (Wildman–Crippen MR) is 120 cm³/mol. The molecule has 0 saturated carbocycles. The van der Waals surface area contributed by atoms with Gasteiger partial charge in [-0.1, -0.05) is 35.3 Å². The highest BCUT2D eigenvalue weighted by molar-refractivity contribution is 7.90.